The lowest BCUT2D eigenvalue weighted by Gasteiger charge is -2.22. The van der Waals surface area contributed by atoms with E-state index in [1.165, 1.54) is 23.9 Å². The summed E-state index contributed by atoms with van der Waals surface area (Å²) in [4.78, 5) is 8.20. The Balaban J connectivity index is 2.28. The summed E-state index contributed by atoms with van der Waals surface area (Å²) >= 11 is 0. The molecule has 0 unspecified atom stereocenters. The molecule has 0 bridgehead atoms. The Bertz CT molecular complexity index is 689. The number of hydrogen-bond acceptors (Lipinski definition) is 4. The summed E-state index contributed by atoms with van der Waals surface area (Å²) in [5, 5.41) is 9.62. The summed E-state index contributed by atoms with van der Waals surface area (Å²) < 4.78 is 5.69. The minimum Gasteiger partial charge on any atom is -0.492 e. The summed E-state index contributed by atoms with van der Waals surface area (Å²) in [5.74, 6) is 0.680. The molecule has 2 aromatic rings. The third kappa shape index (κ3) is 2.47. The van der Waals surface area contributed by atoms with Gasteiger partial charge in [-0.2, -0.15) is 5.26 Å². The second kappa shape index (κ2) is 5.92. The van der Waals surface area contributed by atoms with Crippen molar-refractivity contribution in [1.82, 2.24) is 9.97 Å². The van der Waals surface area contributed by atoms with Crippen LogP contribution in [0, 0.1) is 11.3 Å². The first-order valence-corrected chi connectivity index (χ1v) is 7.32. The molecule has 106 valence electrons. The smallest absolute Gasteiger partial charge is 0.137 e. The van der Waals surface area contributed by atoms with Gasteiger partial charge in [-0.25, -0.2) is 9.97 Å². The van der Waals surface area contributed by atoms with Crippen molar-refractivity contribution in [3.63, 3.8) is 0 Å². The van der Waals surface area contributed by atoms with Crippen LogP contribution in [-0.2, 0) is 12.8 Å². The first kappa shape index (κ1) is 13.6. The number of aromatic nitrogens is 2. The van der Waals surface area contributed by atoms with Gasteiger partial charge in [-0.05, 0) is 49.8 Å². The molecule has 21 heavy (non-hydrogen) atoms. The van der Waals surface area contributed by atoms with Gasteiger partial charge in [-0.1, -0.05) is 0 Å². The Morgan fingerprint density at radius 2 is 2.00 bits per heavy atom. The number of rotatable bonds is 3. The highest BCUT2D eigenvalue weighted by Gasteiger charge is 2.22. The standard InChI is InChI=1S/C17H17N3O/c1-2-21-16-7-12-5-3-4-6-14(12)17(15(16)8-18)13-9-19-11-20-10-13/h7,9-11H,2-6H2,1H3. The van der Waals surface area contributed by atoms with Crippen LogP contribution in [0.4, 0.5) is 0 Å². The molecule has 0 amide bonds. The topological polar surface area (TPSA) is 58.8 Å². The van der Waals surface area contributed by atoms with E-state index >= 15 is 0 Å². The number of ether oxygens (including phenoxy) is 1. The quantitative estimate of drug-likeness (QED) is 0.865. The highest BCUT2D eigenvalue weighted by Crippen LogP contribution is 2.38. The van der Waals surface area contributed by atoms with Gasteiger partial charge in [0, 0.05) is 23.5 Å². The van der Waals surface area contributed by atoms with Gasteiger partial charge in [0.1, 0.15) is 23.7 Å². The molecule has 0 saturated heterocycles. The van der Waals surface area contributed by atoms with Gasteiger partial charge in [-0.3, -0.25) is 0 Å². The summed E-state index contributed by atoms with van der Waals surface area (Å²) in [6, 6.07) is 4.36. The monoisotopic (exact) mass is 279 g/mol. The van der Waals surface area contributed by atoms with Crippen molar-refractivity contribution in [2.45, 2.75) is 32.6 Å². The first-order valence-electron chi connectivity index (χ1n) is 7.32. The molecule has 0 radical (unpaired) electrons. The van der Waals surface area contributed by atoms with Gasteiger partial charge in [0.25, 0.3) is 0 Å². The summed E-state index contributed by atoms with van der Waals surface area (Å²) in [6.45, 7) is 2.49. The van der Waals surface area contributed by atoms with Crippen LogP contribution in [0.3, 0.4) is 0 Å². The van der Waals surface area contributed by atoms with Crippen LogP contribution in [0.15, 0.2) is 24.8 Å². The van der Waals surface area contributed by atoms with Crippen LogP contribution in [-0.4, -0.2) is 16.6 Å². The van der Waals surface area contributed by atoms with Crippen LogP contribution in [0.2, 0.25) is 0 Å². The van der Waals surface area contributed by atoms with Crippen LogP contribution >= 0.6 is 0 Å². The molecule has 1 aromatic carbocycles. The molecule has 0 fully saturated rings. The molecular formula is C17H17N3O. The summed E-state index contributed by atoms with van der Waals surface area (Å²) in [7, 11) is 0. The second-order valence-corrected chi connectivity index (χ2v) is 5.14. The molecule has 1 heterocycles. The maximum Gasteiger partial charge on any atom is 0.137 e. The van der Waals surface area contributed by atoms with Gasteiger partial charge < -0.3 is 4.74 Å². The molecule has 1 aromatic heterocycles. The number of fused-ring (bicyclic) bond motifs is 1. The Morgan fingerprint density at radius 3 is 2.71 bits per heavy atom. The predicted molar refractivity (Wildman–Crippen MR) is 80.0 cm³/mol. The molecule has 0 N–H and O–H groups in total. The lowest BCUT2D eigenvalue weighted by atomic mass is 9.83. The van der Waals surface area contributed by atoms with E-state index in [0.29, 0.717) is 17.9 Å². The van der Waals surface area contributed by atoms with Gasteiger partial charge in [-0.15, -0.1) is 0 Å². The van der Waals surface area contributed by atoms with Crippen molar-refractivity contribution in [1.29, 1.82) is 5.26 Å². The Hall–Kier alpha value is -2.41. The highest BCUT2D eigenvalue weighted by atomic mass is 16.5. The number of nitrogens with zero attached hydrogens (tertiary/aromatic N) is 3. The van der Waals surface area contributed by atoms with Crippen LogP contribution in [0.1, 0.15) is 36.5 Å². The molecule has 0 atom stereocenters. The van der Waals surface area contributed by atoms with Gasteiger partial charge in [0.05, 0.1) is 6.61 Å². The fourth-order valence-corrected chi connectivity index (χ4v) is 3.01. The average Bonchev–Trinajstić information content (AvgIpc) is 2.54. The largest absolute Gasteiger partial charge is 0.492 e. The predicted octanol–water partition coefficient (Wildman–Crippen LogP) is 3.29. The van der Waals surface area contributed by atoms with E-state index in [-0.39, 0.29) is 0 Å². The van der Waals surface area contributed by atoms with E-state index in [1.54, 1.807) is 12.4 Å². The van der Waals surface area contributed by atoms with Crippen molar-refractivity contribution in [3.05, 3.63) is 41.5 Å². The molecule has 0 spiro atoms. The SMILES string of the molecule is CCOc1cc2c(c(-c3cncnc3)c1C#N)CCCC2. The van der Waals surface area contributed by atoms with Crippen molar-refractivity contribution < 1.29 is 4.74 Å². The zero-order valence-electron chi connectivity index (χ0n) is 12.1. The normalized spacial score (nSPS) is 13.3. The van der Waals surface area contributed by atoms with Crippen LogP contribution in [0.25, 0.3) is 11.1 Å². The molecule has 1 aliphatic carbocycles. The zero-order chi connectivity index (χ0) is 14.7. The van der Waals surface area contributed by atoms with E-state index < -0.39 is 0 Å². The number of hydrogen-bond donors (Lipinski definition) is 0. The highest BCUT2D eigenvalue weighted by molar-refractivity contribution is 5.77. The van der Waals surface area contributed by atoms with Crippen molar-refractivity contribution in [2.24, 2.45) is 0 Å². The fraction of sp³-hybridized carbons (Fsp3) is 0.353. The molecule has 4 heteroatoms. The molecule has 3 rings (SSSR count). The van der Waals surface area contributed by atoms with E-state index in [4.69, 9.17) is 4.74 Å². The van der Waals surface area contributed by atoms with E-state index in [0.717, 1.165) is 30.4 Å². The van der Waals surface area contributed by atoms with Gasteiger partial charge in [0.15, 0.2) is 0 Å². The summed E-state index contributed by atoms with van der Waals surface area (Å²) in [5.41, 5.74) is 5.01. The van der Waals surface area contributed by atoms with Crippen LogP contribution in [0.5, 0.6) is 5.75 Å². The fourth-order valence-electron chi connectivity index (χ4n) is 3.01. The maximum atomic E-state index is 9.62. The Labute approximate surface area is 124 Å². The van der Waals surface area contributed by atoms with Gasteiger partial charge >= 0.3 is 0 Å². The zero-order valence-corrected chi connectivity index (χ0v) is 12.1. The van der Waals surface area contributed by atoms with E-state index in [2.05, 4.69) is 16.0 Å². The molecule has 1 aliphatic rings. The molecule has 4 nitrogen and oxygen atoms in total. The van der Waals surface area contributed by atoms with Crippen molar-refractivity contribution >= 4 is 0 Å². The average molecular weight is 279 g/mol. The minimum atomic E-state index is 0.554. The molecule has 0 aliphatic heterocycles. The molecular weight excluding hydrogens is 262 g/mol. The van der Waals surface area contributed by atoms with Crippen molar-refractivity contribution in [2.75, 3.05) is 6.61 Å². The Morgan fingerprint density at radius 1 is 1.24 bits per heavy atom. The maximum absolute atomic E-state index is 9.62. The van der Waals surface area contributed by atoms with E-state index in [9.17, 15) is 5.26 Å². The van der Waals surface area contributed by atoms with E-state index in [1.807, 2.05) is 13.0 Å². The second-order valence-electron chi connectivity index (χ2n) is 5.14. The number of benzene rings is 1. The summed E-state index contributed by atoms with van der Waals surface area (Å²) in [6.07, 6.45) is 9.44. The minimum absolute atomic E-state index is 0.554. The molecule has 0 saturated carbocycles. The Kier molecular flexibility index (Phi) is 3.83. The van der Waals surface area contributed by atoms with Crippen molar-refractivity contribution in [3.8, 4) is 22.9 Å². The number of aryl methyl sites for hydroxylation is 1. The first-order chi connectivity index (χ1) is 10.3. The lowest BCUT2D eigenvalue weighted by molar-refractivity contribution is 0.338. The lowest BCUT2D eigenvalue weighted by Crippen LogP contribution is -2.08. The number of nitriles is 1. The third-order valence-electron chi connectivity index (χ3n) is 3.87. The van der Waals surface area contributed by atoms with Crippen LogP contribution < -0.4 is 4.74 Å². The van der Waals surface area contributed by atoms with Gasteiger partial charge in [0.2, 0.25) is 0 Å². The third-order valence-corrected chi connectivity index (χ3v) is 3.87.